The number of likely N-dealkylation sites (tertiary alicyclic amines) is 1. The smallest absolute Gasteiger partial charge is 0.254 e. The predicted molar refractivity (Wildman–Crippen MR) is 74.8 cm³/mol. The highest BCUT2D eigenvalue weighted by atomic mass is 79.9. The molecule has 90 valence electrons. The number of piperidine rings is 1. The van der Waals surface area contributed by atoms with Crippen molar-refractivity contribution in [2.24, 2.45) is 5.92 Å². The molecule has 4 heteroatoms. The van der Waals surface area contributed by atoms with E-state index >= 15 is 0 Å². The van der Waals surface area contributed by atoms with Gasteiger partial charge in [-0.05, 0) is 24.5 Å². The number of nitrogens with zero attached hydrogens (tertiary/aromatic N) is 1. The van der Waals surface area contributed by atoms with Gasteiger partial charge < -0.3 is 4.90 Å². The number of rotatable bonds is 1. The van der Waals surface area contributed by atoms with Gasteiger partial charge in [0.1, 0.15) is 0 Å². The summed E-state index contributed by atoms with van der Waals surface area (Å²) in [5.74, 6) is 0.753. The van der Waals surface area contributed by atoms with Crippen molar-refractivity contribution in [2.45, 2.75) is 22.1 Å². The highest BCUT2D eigenvalue weighted by Crippen LogP contribution is 2.45. The Balaban J connectivity index is 1.85. The molecule has 2 nitrogen and oxygen atoms in total. The quantitative estimate of drug-likeness (QED) is 0.706. The van der Waals surface area contributed by atoms with E-state index in [9.17, 15) is 4.79 Å². The predicted octanol–water partition coefficient (Wildman–Crippen LogP) is 3.06. The molecule has 2 fully saturated rings. The van der Waals surface area contributed by atoms with Crippen molar-refractivity contribution in [1.29, 1.82) is 0 Å². The molecule has 3 rings (SSSR count). The zero-order valence-corrected chi connectivity index (χ0v) is 12.4. The van der Waals surface area contributed by atoms with Crippen molar-refractivity contribution in [3.05, 3.63) is 35.9 Å². The minimum absolute atomic E-state index is 0.159. The average Bonchev–Trinajstić information content (AvgIpc) is 2.81. The normalized spacial score (nSPS) is 35.3. The summed E-state index contributed by atoms with van der Waals surface area (Å²) in [6.45, 7) is 0.885. The molecule has 2 aliphatic rings. The van der Waals surface area contributed by atoms with Gasteiger partial charge in [-0.15, -0.1) is 0 Å². The highest BCUT2D eigenvalue weighted by Gasteiger charge is 2.52. The number of carbonyl (C=O) groups excluding carboxylic acids is 1. The van der Waals surface area contributed by atoms with E-state index < -0.39 is 0 Å². The second-order valence-corrected chi connectivity index (χ2v) is 7.00. The molecular weight excluding hydrogens is 346 g/mol. The fraction of sp³-hybridized carbons (Fsp3) is 0.462. The van der Waals surface area contributed by atoms with E-state index in [2.05, 4.69) is 31.9 Å². The first kappa shape index (κ1) is 11.7. The Morgan fingerprint density at radius 1 is 1.24 bits per heavy atom. The lowest BCUT2D eigenvalue weighted by atomic mass is 10.1. The maximum Gasteiger partial charge on any atom is 0.254 e. The molecule has 2 bridgehead atoms. The summed E-state index contributed by atoms with van der Waals surface area (Å²) >= 11 is 7.42. The van der Waals surface area contributed by atoms with E-state index in [4.69, 9.17) is 0 Å². The van der Waals surface area contributed by atoms with Crippen molar-refractivity contribution in [3.8, 4) is 0 Å². The van der Waals surface area contributed by atoms with Crippen LogP contribution < -0.4 is 0 Å². The number of hydrogen-bond acceptors (Lipinski definition) is 1. The standard InChI is InChI=1S/C13H13Br2NO/c14-10-6-9-7-16(12(10)11(9)15)13(17)8-4-2-1-3-5-8/h1-5,9-12H,6-7H2/t9-,10+,11-,12-/m1/s1. The van der Waals surface area contributed by atoms with Crippen molar-refractivity contribution < 1.29 is 4.79 Å². The third-order valence-electron chi connectivity index (χ3n) is 3.75. The molecule has 0 aromatic heterocycles. The zero-order valence-electron chi connectivity index (χ0n) is 9.22. The molecule has 1 amide bonds. The fourth-order valence-corrected chi connectivity index (χ4v) is 5.46. The topological polar surface area (TPSA) is 20.3 Å². The molecule has 1 heterocycles. The van der Waals surface area contributed by atoms with Crippen LogP contribution in [0.3, 0.4) is 0 Å². The third-order valence-corrected chi connectivity index (χ3v) is 5.95. The molecule has 4 atom stereocenters. The molecule has 0 spiro atoms. The molecular formula is C13H13Br2NO. The van der Waals surface area contributed by atoms with Crippen molar-refractivity contribution in [2.75, 3.05) is 6.54 Å². The Hall–Kier alpha value is -0.350. The highest BCUT2D eigenvalue weighted by molar-refractivity contribution is 9.10. The van der Waals surface area contributed by atoms with Gasteiger partial charge in [0.15, 0.2) is 0 Å². The lowest BCUT2D eigenvalue weighted by molar-refractivity contribution is 0.0711. The van der Waals surface area contributed by atoms with Gasteiger partial charge in [0.25, 0.3) is 5.91 Å². The van der Waals surface area contributed by atoms with E-state index in [1.54, 1.807) is 0 Å². The molecule has 1 aliphatic heterocycles. The number of alkyl halides is 2. The van der Waals surface area contributed by atoms with Crippen molar-refractivity contribution >= 4 is 37.8 Å². The Morgan fingerprint density at radius 2 is 1.94 bits per heavy atom. The molecule has 1 aliphatic carbocycles. The van der Waals surface area contributed by atoms with Crippen LogP contribution in [0.15, 0.2) is 30.3 Å². The van der Waals surface area contributed by atoms with E-state index in [-0.39, 0.29) is 5.91 Å². The second-order valence-electron chi connectivity index (χ2n) is 4.77. The average molecular weight is 359 g/mol. The molecule has 1 saturated heterocycles. The molecule has 17 heavy (non-hydrogen) atoms. The molecule has 0 radical (unpaired) electrons. The van der Waals surface area contributed by atoms with Crippen LogP contribution in [-0.4, -0.2) is 33.0 Å². The summed E-state index contributed by atoms with van der Waals surface area (Å²) in [5, 5.41) is 0. The van der Waals surface area contributed by atoms with E-state index in [1.165, 1.54) is 6.42 Å². The minimum atomic E-state index is 0.159. The Labute approximate surface area is 118 Å². The van der Waals surface area contributed by atoms with E-state index in [1.807, 2.05) is 35.2 Å². The van der Waals surface area contributed by atoms with Crippen molar-refractivity contribution in [3.63, 3.8) is 0 Å². The van der Waals surface area contributed by atoms with Gasteiger partial charge in [0.05, 0.1) is 6.04 Å². The summed E-state index contributed by atoms with van der Waals surface area (Å²) in [5.41, 5.74) is 0.791. The maximum absolute atomic E-state index is 12.4. The second kappa shape index (κ2) is 4.39. The van der Waals surface area contributed by atoms with Gasteiger partial charge in [-0.2, -0.15) is 0 Å². The van der Waals surface area contributed by atoms with Crippen LogP contribution in [0.25, 0.3) is 0 Å². The SMILES string of the molecule is O=C(c1ccccc1)N1C[C@H]2C[C@H](Br)[C@@H]1[C@@H]2Br. The van der Waals surface area contributed by atoms with Crippen LogP contribution >= 0.6 is 31.9 Å². The number of halogens is 2. The maximum atomic E-state index is 12.4. The van der Waals surface area contributed by atoms with Crippen LogP contribution in [0.1, 0.15) is 16.8 Å². The lowest BCUT2D eigenvalue weighted by Gasteiger charge is -2.30. The van der Waals surface area contributed by atoms with Crippen LogP contribution in [-0.2, 0) is 0 Å². The van der Waals surface area contributed by atoms with E-state index in [0.717, 1.165) is 12.1 Å². The van der Waals surface area contributed by atoms with Crippen LogP contribution in [0.2, 0.25) is 0 Å². The number of fused-ring (bicyclic) bond motifs is 2. The Morgan fingerprint density at radius 3 is 2.53 bits per heavy atom. The third kappa shape index (κ3) is 1.85. The zero-order chi connectivity index (χ0) is 12.0. The summed E-state index contributed by atoms with van der Waals surface area (Å²) in [6.07, 6.45) is 1.17. The largest absolute Gasteiger partial charge is 0.333 e. The summed E-state index contributed by atoms with van der Waals surface area (Å²) in [4.78, 5) is 15.3. The van der Waals surface area contributed by atoms with Crippen LogP contribution in [0.5, 0.6) is 0 Å². The monoisotopic (exact) mass is 357 g/mol. The minimum Gasteiger partial charge on any atom is -0.333 e. The van der Waals surface area contributed by atoms with Gasteiger partial charge in [-0.3, -0.25) is 4.79 Å². The summed E-state index contributed by atoms with van der Waals surface area (Å²) in [7, 11) is 0. The molecule has 1 aromatic carbocycles. The molecule has 0 N–H and O–H groups in total. The van der Waals surface area contributed by atoms with Gasteiger partial charge in [0.2, 0.25) is 0 Å². The summed E-state index contributed by atoms with van der Waals surface area (Å²) < 4.78 is 0. The Bertz CT molecular complexity index is 436. The number of amides is 1. The van der Waals surface area contributed by atoms with Gasteiger partial charge in [-0.25, -0.2) is 0 Å². The van der Waals surface area contributed by atoms with Crippen molar-refractivity contribution in [1.82, 2.24) is 4.90 Å². The van der Waals surface area contributed by atoms with Gasteiger partial charge >= 0.3 is 0 Å². The fourth-order valence-electron chi connectivity index (χ4n) is 2.92. The summed E-state index contributed by atoms with van der Waals surface area (Å²) in [6, 6.07) is 9.85. The molecule has 1 aromatic rings. The van der Waals surface area contributed by atoms with Gasteiger partial charge in [0, 0.05) is 21.8 Å². The van der Waals surface area contributed by atoms with Crippen LogP contribution in [0, 0.1) is 5.92 Å². The Kier molecular flexibility index (Phi) is 3.03. The lowest BCUT2D eigenvalue weighted by Crippen LogP contribution is -2.43. The number of carbonyl (C=O) groups is 1. The number of hydrogen-bond donors (Lipinski definition) is 0. The first-order valence-electron chi connectivity index (χ1n) is 5.82. The first-order chi connectivity index (χ1) is 8.18. The molecule has 0 unspecified atom stereocenters. The van der Waals surface area contributed by atoms with E-state index in [0.29, 0.717) is 21.6 Å². The first-order valence-corrected chi connectivity index (χ1v) is 7.66. The van der Waals surface area contributed by atoms with Crippen LogP contribution in [0.4, 0.5) is 0 Å². The number of benzene rings is 1. The van der Waals surface area contributed by atoms with Gasteiger partial charge in [-0.1, -0.05) is 50.1 Å². The molecule has 1 saturated carbocycles.